The van der Waals surface area contributed by atoms with Crippen LogP contribution in [0.2, 0.25) is 0 Å². The lowest BCUT2D eigenvalue weighted by Gasteiger charge is -2.16. The highest BCUT2D eigenvalue weighted by molar-refractivity contribution is 7.21. The Balaban J connectivity index is 0.000000275. The Kier molecular flexibility index (Phi) is 42.0. The number of furan rings is 1. The number of hydrogen-bond donors (Lipinski definition) is 0. The van der Waals surface area contributed by atoms with Gasteiger partial charge in [-0.15, -0.1) is 34.0 Å². The maximum Gasteiger partial charge on any atom is 0.433 e. The quantitative estimate of drug-likeness (QED) is 0.0902. The summed E-state index contributed by atoms with van der Waals surface area (Å²) in [6, 6.07) is 0. The van der Waals surface area contributed by atoms with E-state index in [2.05, 4.69) is 139 Å². The minimum atomic E-state index is -4.35. The highest BCUT2D eigenvalue weighted by Gasteiger charge is 2.38. The summed E-state index contributed by atoms with van der Waals surface area (Å²) in [7, 11) is 0. The van der Waals surface area contributed by atoms with Gasteiger partial charge in [0.25, 0.3) is 11.8 Å². The molecule has 0 saturated heterocycles. The fraction of sp³-hybridized carbons (Fsp3) is 0.434. The molecule has 0 atom stereocenters. The molecule has 758 valence electrons. The number of aryl methyl sites for hydroxylation is 28. The number of benzene rings is 1. The SMILES string of the molecule is Cc1nc(-c2c(F)c(F)c(-c3nc(C)c(C)o3)c(F)c2F)oc1C.Cc1nc(-c2nc(C)c(C)o2)oc1C.Cc1nc(-c2nc(C)c(C)s2)sc1C.Cc1nc(C(F)(F)F)c(C)c(C)c1C.Cc1nc(C)c(C)c(C(F)(F)F)c1C.Cc1nc(C)c(C)c(F)c1C.Cc1nc(C)c(C)nc1C.Cc1nc(F)c(C)c(C)c1C.Cc1nnc(C)c(C)c1C.Cc1oc(C)c(C)c1C.Cc1sc(C)c(C)c1C. The van der Waals surface area contributed by atoms with E-state index in [-0.39, 0.29) is 40.0 Å². The second-order valence-corrected chi connectivity index (χ2v) is 38.5. The van der Waals surface area contributed by atoms with Crippen molar-refractivity contribution in [3.05, 3.63) is 292 Å². The van der Waals surface area contributed by atoms with Gasteiger partial charge < -0.3 is 22.1 Å². The molecule has 34 heteroatoms. The molecule has 0 aliphatic heterocycles. The molecule has 140 heavy (non-hydrogen) atoms. The predicted octanol–water partition coefficient (Wildman–Crippen LogP) is 31.3. The summed E-state index contributed by atoms with van der Waals surface area (Å²) in [5.41, 5.74) is 25.5. The monoisotopic (exact) mass is 2000 g/mol. The minimum absolute atomic E-state index is 0.116. The third kappa shape index (κ3) is 29.9. The number of halogens is 12. The largest absolute Gasteiger partial charge is 0.466 e. The van der Waals surface area contributed by atoms with Gasteiger partial charge in [0.05, 0.1) is 73.9 Å². The summed E-state index contributed by atoms with van der Waals surface area (Å²) in [6.45, 7) is 82.1. The van der Waals surface area contributed by atoms with Gasteiger partial charge in [-0.05, 0) is 377 Å². The molecule has 0 amide bonds. The number of thiophene rings is 1. The average molecular weight is 2010 g/mol. The normalized spacial score (nSPS) is 10.9. The summed E-state index contributed by atoms with van der Waals surface area (Å²) < 4.78 is 185. The molecule has 0 saturated carbocycles. The zero-order valence-corrected chi connectivity index (χ0v) is 91.5. The Labute approximate surface area is 827 Å². The first kappa shape index (κ1) is 119. The van der Waals surface area contributed by atoms with Crippen LogP contribution in [0, 0.1) is 340 Å². The van der Waals surface area contributed by atoms with Gasteiger partial charge in [0.15, 0.2) is 33.3 Å². The molecule has 0 bridgehead atoms. The highest BCUT2D eigenvalue weighted by atomic mass is 32.1. The average Bonchev–Trinajstić information content (AvgIpc) is 1.58. The molecule has 15 rings (SSSR count). The minimum Gasteiger partial charge on any atom is -0.466 e. The van der Waals surface area contributed by atoms with Crippen LogP contribution in [0.25, 0.3) is 44.7 Å². The van der Waals surface area contributed by atoms with Crippen molar-refractivity contribution in [2.24, 2.45) is 0 Å². The van der Waals surface area contributed by atoms with Gasteiger partial charge in [-0.2, -0.15) is 40.9 Å². The third-order valence-electron chi connectivity index (χ3n) is 25.1. The number of thiazole rings is 2. The van der Waals surface area contributed by atoms with Crippen LogP contribution in [-0.4, -0.2) is 70.0 Å². The molecule has 0 aliphatic carbocycles. The van der Waals surface area contributed by atoms with Gasteiger partial charge >= 0.3 is 12.4 Å². The first-order valence-corrected chi connectivity index (χ1v) is 47.2. The van der Waals surface area contributed by atoms with Crippen LogP contribution in [0.3, 0.4) is 0 Å². The van der Waals surface area contributed by atoms with Crippen LogP contribution < -0.4 is 0 Å². The summed E-state index contributed by atoms with van der Waals surface area (Å²) in [6.07, 6.45) is -8.64. The van der Waals surface area contributed by atoms with Gasteiger partial charge in [0, 0.05) is 70.4 Å². The zero-order valence-electron chi connectivity index (χ0n) is 89.1. The molecule has 0 fully saturated rings. The van der Waals surface area contributed by atoms with Crippen molar-refractivity contribution in [1.29, 1.82) is 0 Å². The Morgan fingerprint density at radius 1 is 0.186 bits per heavy atom. The lowest BCUT2D eigenvalue weighted by atomic mass is 10.0. The Bertz CT molecular complexity index is 6220. The van der Waals surface area contributed by atoms with E-state index in [1.54, 1.807) is 78.1 Å². The van der Waals surface area contributed by atoms with Gasteiger partial charge in [-0.25, -0.2) is 61.8 Å². The summed E-state index contributed by atoms with van der Waals surface area (Å²) in [5, 5.41) is 10.1. The van der Waals surface area contributed by atoms with E-state index in [0.717, 1.165) is 124 Å². The second kappa shape index (κ2) is 49.6. The fourth-order valence-corrected chi connectivity index (χ4v) is 15.7. The van der Waals surface area contributed by atoms with Crippen LogP contribution in [0.4, 0.5) is 52.7 Å². The number of pyridine rings is 4. The van der Waals surface area contributed by atoms with Gasteiger partial charge in [-0.1, -0.05) is 0 Å². The summed E-state index contributed by atoms with van der Waals surface area (Å²) in [4.78, 5) is 54.7. The molecule has 14 heterocycles. The molecule has 0 unspecified atom stereocenters. The van der Waals surface area contributed by atoms with E-state index in [0.29, 0.717) is 62.5 Å². The van der Waals surface area contributed by atoms with Gasteiger partial charge in [0.2, 0.25) is 17.7 Å². The van der Waals surface area contributed by atoms with Crippen molar-refractivity contribution in [2.45, 2.75) is 317 Å². The van der Waals surface area contributed by atoms with E-state index in [4.69, 9.17) is 22.1 Å². The molecule has 19 nitrogen and oxygen atoms in total. The number of hydrogen-bond acceptors (Lipinski definition) is 22. The number of rotatable bonds is 4. The second-order valence-electron chi connectivity index (χ2n) is 34.6. The van der Waals surface area contributed by atoms with E-state index >= 15 is 0 Å². The first-order chi connectivity index (χ1) is 64.4. The van der Waals surface area contributed by atoms with Gasteiger partial charge in [0.1, 0.15) is 57.2 Å². The van der Waals surface area contributed by atoms with Crippen molar-refractivity contribution in [1.82, 2.24) is 70.0 Å². The first-order valence-electron chi connectivity index (χ1n) is 44.8. The molecular formula is C106H132F12N14O5S3. The summed E-state index contributed by atoms with van der Waals surface area (Å²) in [5.74, 6) is -2.87. The van der Waals surface area contributed by atoms with Crippen molar-refractivity contribution < 1.29 is 74.8 Å². The molecule has 1 aromatic carbocycles. The van der Waals surface area contributed by atoms with Crippen LogP contribution in [-0.2, 0) is 12.4 Å². The Morgan fingerprint density at radius 2 is 0.457 bits per heavy atom. The smallest absolute Gasteiger partial charge is 0.433 e. The van der Waals surface area contributed by atoms with Crippen molar-refractivity contribution in [3.63, 3.8) is 0 Å². The van der Waals surface area contributed by atoms with Crippen molar-refractivity contribution in [3.8, 4) is 44.7 Å². The molecule has 15 aromatic rings. The molecule has 0 N–H and O–H groups in total. The maximum atomic E-state index is 14.4. The summed E-state index contributed by atoms with van der Waals surface area (Å²) >= 11 is 5.35. The lowest BCUT2D eigenvalue weighted by molar-refractivity contribution is -0.142. The third-order valence-corrected chi connectivity index (χ3v) is 28.7. The highest BCUT2D eigenvalue weighted by Crippen LogP contribution is 2.41. The fourth-order valence-electron chi connectivity index (χ4n) is 12.8. The van der Waals surface area contributed by atoms with E-state index in [1.165, 1.54) is 101 Å². The lowest BCUT2D eigenvalue weighted by Crippen LogP contribution is -2.13. The van der Waals surface area contributed by atoms with Crippen LogP contribution in [0.5, 0.6) is 0 Å². The molecule has 0 aliphatic rings. The standard InChI is InChI=1S/C16H12F4N2O2.2C10H12F3N.C10H12N2O2.C10H12N2S2.2C9H12FN.2C8H12N2.C8H12O.C8H12S/c1-5-7(3)23-15(21-5)9-11(17)13(19)10(14(20)12(9)18)16-22-6(2)8(4)24-16;1-5-7(3)14-8(4)6(2)9(5)10(11,12)13;1-5-6(2)8(4)14-9(7(5)3)10(11,12)13;2*1-5-7(3)13-9(11-5)10-12-6(2)8(4)14-10;1-5-7(3)11-8(4)6(2)9(5)10;1-5-6(2)8(4)11-9(10)7(5)3;1-5-6(2)10-8(4)7(3)9-5;1-5-6(2)8(4)10-9-7(5)3;2*1-5-6(2)8(4)9-7(5)3/h1-4H3;4*1-4H3;2*1-4H3;2*1-4H3;2*1-4H3. The molecular weight excluding hydrogens is 1870 g/mol. The zero-order chi connectivity index (χ0) is 107. The van der Waals surface area contributed by atoms with Gasteiger partial charge in [-0.3, -0.25) is 19.9 Å². The van der Waals surface area contributed by atoms with Crippen LogP contribution in [0.1, 0.15) is 257 Å². The van der Waals surface area contributed by atoms with E-state index < -0.39 is 69.8 Å². The van der Waals surface area contributed by atoms with Crippen molar-refractivity contribution >= 4 is 34.0 Å². The Morgan fingerprint density at radius 3 is 0.707 bits per heavy atom. The number of alkyl halides is 6. The molecule has 0 radical (unpaired) electrons. The topological polar surface area (TPSA) is 246 Å². The van der Waals surface area contributed by atoms with Crippen LogP contribution in [0.15, 0.2) is 22.1 Å². The Hall–Kier alpha value is -11.8. The molecule has 14 aromatic heterocycles. The predicted molar refractivity (Wildman–Crippen MR) is 535 cm³/mol. The number of nitrogens with zero attached hydrogens (tertiary/aromatic N) is 14. The maximum absolute atomic E-state index is 14.4. The van der Waals surface area contributed by atoms with Crippen LogP contribution >= 0.6 is 34.0 Å². The van der Waals surface area contributed by atoms with Crippen molar-refractivity contribution in [2.75, 3.05) is 0 Å². The number of aromatic nitrogens is 14. The van der Waals surface area contributed by atoms with E-state index in [1.807, 2.05) is 143 Å². The molecule has 0 spiro atoms. The van der Waals surface area contributed by atoms with E-state index in [9.17, 15) is 52.7 Å². The number of oxazole rings is 4.